The van der Waals surface area contributed by atoms with Gasteiger partial charge >= 0.3 is 12.0 Å². The molecule has 0 aliphatic rings. The van der Waals surface area contributed by atoms with E-state index < -0.39 is 11.9 Å². The molecule has 0 fully saturated rings. The van der Waals surface area contributed by atoms with E-state index in [9.17, 15) is 14.7 Å². The fourth-order valence-electron chi connectivity index (χ4n) is 1.90. The molecular weight excluding hydrogens is 258 g/mol. The van der Waals surface area contributed by atoms with E-state index in [1.54, 1.807) is 0 Å². The van der Waals surface area contributed by atoms with Gasteiger partial charge in [-0.2, -0.15) is 5.26 Å². The lowest BCUT2D eigenvalue weighted by Gasteiger charge is -2.25. The van der Waals surface area contributed by atoms with E-state index in [0.29, 0.717) is 19.5 Å². The van der Waals surface area contributed by atoms with Crippen LogP contribution in [0, 0.1) is 22.7 Å². The molecule has 0 rings (SSSR count). The lowest BCUT2D eigenvalue weighted by molar-refractivity contribution is -0.142. The maximum atomic E-state index is 11.9. The third-order valence-electron chi connectivity index (χ3n) is 2.87. The molecule has 2 N–H and O–H groups in total. The Bertz CT molecular complexity index is 369. The van der Waals surface area contributed by atoms with Gasteiger partial charge < -0.3 is 15.3 Å². The van der Waals surface area contributed by atoms with Crippen LogP contribution >= 0.6 is 0 Å². The van der Waals surface area contributed by atoms with Gasteiger partial charge in [-0.1, -0.05) is 20.8 Å². The molecule has 2 amide bonds. The molecule has 0 spiro atoms. The zero-order valence-electron chi connectivity index (χ0n) is 12.8. The second kappa shape index (κ2) is 8.41. The standard InChI is InChI=1S/C14H25N3O3/c1-5-17(8-6-7-15)13(20)16-10-11(12(18)19)9-14(2,3)4/h11H,5-6,8-10H2,1-4H3,(H,16,20)(H,18,19). The van der Waals surface area contributed by atoms with Gasteiger partial charge in [-0.15, -0.1) is 0 Å². The van der Waals surface area contributed by atoms with Gasteiger partial charge in [0, 0.05) is 19.6 Å². The summed E-state index contributed by atoms with van der Waals surface area (Å²) in [4.78, 5) is 24.6. The largest absolute Gasteiger partial charge is 0.481 e. The molecule has 114 valence electrons. The Labute approximate surface area is 120 Å². The van der Waals surface area contributed by atoms with E-state index in [1.807, 2.05) is 33.8 Å². The van der Waals surface area contributed by atoms with Gasteiger partial charge in [0.1, 0.15) is 0 Å². The van der Waals surface area contributed by atoms with Gasteiger partial charge in [0.05, 0.1) is 18.4 Å². The van der Waals surface area contributed by atoms with E-state index in [4.69, 9.17) is 5.26 Å². The van der Waals surface area contributed by atoms with Crippen molar-refractivity contribution >= 4 is 12.0 Å². The summed E-state index contributed by atoms with van der Waals surface area (Å²) in [5, 5.41) is 20.3. The number of carbonyl (C=O) groups is 2. The number of rotatable bonds is 7. The highest BCUT2D eigenvalue weighted by Gasteiger charge is 2.25. The van der Waals surface area contributed by atoms with Gasteiger partial charge in [-0.25, -0.2) is 4.79 Å². The van der Waals surface area contributed by atoms with Crippen LogP contribution in [0.4, 0.5) is 4.79 Å². The van der Waals surface area contributed by atoms with Crippen LogP contribution < -0.4 is 5.32 Å². The maximum Gasteiger partial charge on any atom is 0.317 e. The van der Waals surface area contributed by atoms with Crippen molar-refractivity contribution in [2.75, 3.05) is 19.6 Å². The monoisotopic (exact) mass is 283 g/mol. The molecular formula is C14H25N3O3. The summed E-state index contributed by atoms with van der Waals surface area (Å²) in [6.45, 7) is 8.68. The summed E-state index contributed by atoms with van der Waals surface area (Å²) in [7, 11) is 0. The van der Waals surface area contributed by atoms with E-state index in [1.165, 1.54) is 4.90 Å². The average molecular weight is 283 g/mol. The van der Waals surface area contributed by atoms with Crippen molar-refractivity contribution in [2.45, 2.75) is 40.5 Å². The van der Waals surface area contributed by atoms with Crippen molar-refractivity contribution in [1.82, 2.24) is 10.2 Å². The van der Waals surface area contributed by atoms with Crippen LogP contribution in [0.1, 0.15) is 40.5 Å². The maximum absolute atomic E-state index is 11.9. The minimum Gasteiger partial charge on any atom is -0.481 e. The molecule has 0 radical (unpaired) electrons. The SMILES string of the molecule is CCN(CCC#N)C(=O)NCC(CC(C)(C)C)C(=O)O. The smallest absolute Gasteiger partial charge is 0.317 e. The molecule has 0 aliphatic heterocycles. The zero-order chi connectivity index (χ0) is 15.8. The molecule has 0 aromatic rings. The number of amides is 2. The topological polar surface area (TPSA) is 93.4 Å². The number of carbonyl (C=O) groups excluding carboxylic acids is 1. The van der Waals surface area contributed by atoms with Crippen LogP contribution in [0.25, 0.3) is 0 Å². The van der Waals surface area contributed by atoms with Crippen LogP contribution in [-0.4, -0.2) is 41.6 Å². The molecule has 1 unspecified atom stereocenters. The Kier molecular flexibility index (Phi) is 7.67. The Morgan fingerprint density at radius 3 is 2.40 bits per heavy atom. The molecule has 20 heavy (non-hydrogen) atoms. The van der Waals surface area contributed by atoms with E-state index >= 15 is 0 Å². The summed E-state index contributed by atoms with van der Waals surface area (Å²) >= 11 is 0. The van der Waals surface area contributed by atoms with Crippen LogP contribution in [0.3, 0.4) is 0 Å². The van der Waals surface area contributed by atoms with Crippen LogP contribution in [-0.2, 0) is 4.79 Å². The number of nitrogens with one attached hydrogen (secondary N) is 1. The van der Waals surface area contributed by atoms with Crippen molar-refractivity contribution in [3.05, 3.63) is 0 Å². The Morgan fingerprint density at radius 2 is 2.00 bits per heavy atom. The number of nitriles is 1. The minimum atomic E-state index is -0.903. The highest BCUT2D eigenvalue weighted by molar-refractivity contribution is 5.76. The number of hydrogen-bond acceptors (Lipinski definition) is 3. The molecule has 0 saturated heterocycles. The van der Waals surface area contributed by atoms with Crippen molar-refractivity contribution in [1.29, 1.82) is 5.26 Å². The normalized spacial score (nSPS) is 12.3. The minimum absolute atomic E-state index is 0.106. The summed E-state index contributed by atoms with van der Waals surface area (Å²) in [5.74, 6) is -1.51. The van der Waals surface area contributed by atoms with Crippen molar-refractivity contribution in [3.63, 3.8) is 0 Å². The van der Waals surface area contributed by atoms with E-state index in [-0.39, 0.29) is 24.4 Å². The number of urea groups is 1. The molecule has 0 aromatic heterocycles. The summed E-state index contributed by atoms with van der Waals surface area (Å²) in [6.07, 6.45) is 0.762. The van der Waals surface area contributed by atoms with Crippen LogP contribution in [0.2, 0.25) is 0 Å². The van der Waals surface area contributed by atoms with E-state index in [0.717, 1.165) is 0 Å². The number of carboxylic acid groups (broad SMARTS) is 1. The molecule has 6 nitrogen and oxygen atoms in total. The zero-order valence-corrected chi connectivity index (χ0v) is 12.8. The van der Waals surface area contributed by atoms with Crippen LogP contribution in [0.15, 0.2) is 0 Å². The first kappa shape index (κ1) is 18.2. The first-order valence-corrected chi connectivity index (χ1v) is 6.83. The fraction of sp³-hybridized carbons (Fsp3) is 0.786. The van der Waals surface area contributed by atoms with Crippen molar-refractivity contribution in [2.24, 2.45) is 11.3 Å². The summed E-state index contributed by atoms with van der Waals surface area (Å²) in [5.41, 5.74) is -0.112. The molecule has 0 saturated carbocycles. The number of nitrogens with zero attached hydrogens (tertiary/aromatic N) is 2. The van der Waals surface area contributed by atoms with Gasteiger partial charge in [-0.3, -0.25) is 4.79 Å². The average Bonchev–Trinajstić information content (AvgIpc) is 2.33. The third kappa shape index (κ3) is 7.62. The molecule has 0 aliphatic carbocycles. The first-order chi connectivity index (χ1) is 9.21. The van der Waals surface area contributed by atoms with Crippen LogP contribution in [0.5, 0.6) is 0 Å². The highest BCUT2D eigenvalue weighted by Crippen LogP contribution is 2.24. The quantitative estimate of drug-likeness (QED) is 0.748. The predicted octanol–water partition coefficient (Wildman–Crippen LogP) is 2.07. The van der Waals surface area contributed by atoms with Gasteiger partial charge in [0.2, 0.25) is 0 Å². The third-order valence-corrected chi connectivity index (χ3v) is 2.87. The molecule has 1 atom stereocenters. The number of carboxylic acids is 1. The van der Waals surface area contributed by atoms with Crippen molar-refractivity contribution in [3.8, 4) is 6.07 Å². The summed E-state index contributed by atoms with van der Waals surface area (Å²) < 4.78 is 0. The predicted molar refractivity (Wildman–Crippen MR) is 76.1 cm³/mol. The van der Waals surface area contributed by atoms with Gasteiger partial charge in [0.15, 0.2) is 0 Å². The van der Waals surface area contributed by atoms with E-state index in [2.05, 4.69) is 5.32 Å². The second-order valence-corrected chi connectivity index (χ2v) is 5.97. The first-order valence-electron chi connectivity index (χ1n) is 6.83. The van der Waals surface area contributed by atoms with Gasteiger partial charge in [0.25, 0.3) is 0 Å². The number of aliphatic carboxylic acids is 1. The lowest BCUT2D eigenvalue weighted by atomic mass is 9.84. The lowest BCUT2D eigenvalue weighted by Crippen LogP contribution is -2.43. The molecule has 0 aromatic carbocycles. The van der Waals surface area contributed by atoms with Gasteiger partial charge in [-0.05, 0) is 18.8 Å². The van der Waals surface area contributed by atoms with Crippen molar-refractivity contribution < 1.29 is 14.7 Å². The highest BCUT2D eigenvalue weighted by atomic mass is 16.4. The molecule has 0 heterocycles. The molecule has 0 bridgehead atoms. The number of hydrogen-bond donors (Lipinski definition) is 2. The Morgan fingerprint density at radius 1 is 1.40 bits per heavy atom. The fourth-order valence-corrected chi connectivity index (χ4v) is 1.90. The molecule has 6 heteroatoms. The second-order valence-electron chi connectivity index (χ2n) is 5.97. The Hall–Kier alpha value is -1.77. The Balaban J connectivity index is 4.43. The summed E-state index contributed by atoms with van der Waals surface area (Å²) in [6, 6.07) is 1.67.